The third-order valence-corrected chi connectivity index (χ3v) is 5.96. The molecule has 1 saturated heterocycles. The second-order valence-electron chi connectivity index (χ2n) is 8.04. The number of carboxylic acid groups (broad SMARTS) is 1. The maximum absolute atomic E-state index is 10.6. The highest BCUT2D eigenvalue weighted by Gasteiger charge is 2.24. The molecule has 3 aromatic rings. The second kappa shape index (κ2) is 10.7. The normalized spacial score (nSPS) is 15.4. The van der Waals surface area contributed by atoms with Crippen molar-refractivity contribution in [3.63, 3.8) is 0 Å². The predicted octanol–water partition coefficient (Wildman–Crippen LogP) is 4.33. The SMILES string of the molecule is COCCOCCn1cc(C2CCN(Cc3ccc(OC(=O)O)o3)CC2)c2ccccc21. The van der Waals surface area contributed by atoms with E-state index >= 15 is 0 Å². The fourth-order valence-electron chi connectivity index (χ4n) is 4.40. The number of para-hydroxylation sites is 1. The lowest BCUT2D eigenvalue weighted by atomic mass is 9.89. The summed E-state index contributed by atoms with van der Waals surface area (Å²) in [6.07, 6.45) is 3.06. The van der Waals surface area contributed by atoms with Crippen molar-refractivity contribution in [3.8, 4) is 5.95 Å². The van der Waals surface area contributed by atoms with Gasteiger partial charge in [-0.3, -0.25) is 4.90 Å². The maximum Gasteiger partial charge on any atom is 0.513 e. The van der Waals surface area contributed by atoms with Gasteiger partial charge in [0.05, 0.1) is 26.4 Å². The molecule has 1 aliphatic rings. The van der Waals surface area contributed by atoms with Crippen LogP contribution in [0.3, 0.4) is 0 Å². The zero-order valence-electron chi connectivity index (χ0n) is 18.4. The van der Waals surface area contributed by atoms with Crippen LogP contribution < -0.4 is 4.74 Å². The van der Waals surface area contributed by atoms with Crippen LogP contribution in [0.5, 0.6) is 5.95 Å². The molecule has 8 nitrogen and oxygen atoms in total. The van der Waals surface area contributed by atoms with Gasteiger partial charge in [-0.25, -0.2) is 4.79 Å². The van der Waals surface area contributed by atoms with Crippen molar-refractivity contribution in [3.05, 3.63) is 53.9 Å². The molecule has 0 atom stereocenters. The minimum atomic E-state index is -1.37. The van der Waals surface area contributed by atoms with Crippen molar-refractivity contribution in [2.24, 2.45) is 0 Å². The number of likely N-dealkylation sites (tertiary alicyclic amines) is 1. The van der Waals surface area contributed by atoms with Crippen molar-refractivity contribution in [2.75, 3.05) is 40.0 Å². The number of aromatic nitrogens is 1. The zero-order valence-corrected chi connectivity index (χ0v) is 18.4. The summed E-state index contributed by atoms with van der Waals surface area (Å²) >= 11 is 0. The lowest BCUT2D eigenvalue weighted by Crippen LogP contribution is -2.32. The number of piperidine rings is 1. The molecule has 2 aromatic heterocycles. The average Bonchev–Trinajstić information content (AvgIpc) is 3.38. The van der Waals surface area contributed by atoms with Gasteiger partial charge in [0.15, 0.2) is 0 Å². The molecule has 1 fully saturated rings. The van der Waals surface area contributed by atoms with Crippen LogP contribution in [-0.4, -0.2) is 60.7 Å². The van der Waals surface area contributed by atoms with E-state index in [4.69, 9.17) is 19.0 Å². The predicted molar refractivity (Wildman–Crippen MR) is 119 cm³/mol. The molecule has 1 N–H and O–H groups in total. The minimum Gasteiger partial charge on any atom is -0.449 e. The van der Waals surface area contributed by atoms with E-state index in [1.807, 2.05) is 0 Å². The molecular weight excluding hydrogens is 412 g/mol. The molecule has 8 heteroatoms. The van der Waals surface area contributed by atoms with Gasteiger partial charge in [-0.15, -0.1) is 0 Å². The standard InChI is InChI=1S/C24H30N2O6/c1-29-14-15-30-13-12-26-17-21(20-4-2-3-5-22(20)26)18-8-10-25(11-9-18)16-19-6-7-23(31-19)32-24(27)28/h2-7,17-18H,8-16H2,1H3,(H,27,28). The Morgan fingerprint density at radius 1 is 1.12 bits per heavy atom. The summed E-state index contributed by atoms with van der Waals surface area (Å²) in [5.41, 5.74) is 2.66. The molecule has 1 aliphatic heterocycles. The monoisotopic (exact) mass is 442 g/mol. The fraction of sp³-hybridized carbons (Fsp3) is 0.458. The van der Waals surface area contributed by atoms with Crippen molar-refractivity contribution < 1.29 is 28.5 Å². The first kappa shape index (κ1) is 22.4. The number of fused-ring (bicyclic) bond motifs is 1. The number of ether oxygens (including phenoxy) is 3. The molecule has 0 bridgehead atoms. The maximum atomic E-state index is 10.6. The molecular formula is C24H30N2O6. The number of furan rings is 1. The Hall–Kier alpha value is -2.81. The highest BCUT2D eigenvalue weighted by atomic mass is 16.7. The lowest BCUT2D eigenvalue weighted by molar-refractivity contribution is 0.0670. The second-order valence-corrected chi connectivity index (χ2v) is 8.04. The molecule has 0 radical (unpaired) electrons. The number of hydrogen-bond donors (Lipinski definition) is 1. The van der Waals surface area contributed by atoms with Crippen LogP contribution in [0.2, 0.25) is 0 Å². The highest BCUT2D eigenvalue weighted by Crippen LogP contribution is 2.35. The molecule has 0 unspecified atom stereocenters. The van der Waals surface area contributed by atoms with Crippen LogP contribution in [0.15, 0.2) is 47.0 Å². The van der Waals surface area contributed by atoms with E-state index in [1.165, 1.54) is 16.5 Å². The number of nitrogens with zero attached hydrogens (tertiary/aromatic N) is 2. The third-order valence-electron chi connectivity index (χ3n) is 5.96. The summed E-state index contributed by atoms with van der Waals surface area (Å²) in [4.78, 5) is 13.0. The minimum absolute atomic E-state index is 0.0152. The quantitative estimate of drug-likeness (QED) is 0.369. The van der Waals surface area contributed by atoms with E-state index in [-0.39, 0.29) is 5.95 Å². The first-order valence-electron chi connectivity index (χ1n) is 11.0. The third kappa shape index (κ3) is 5.51. The molecule has 0 spiro atoms. The Kier molecular flexibility index (Phi) is 7.47. The van der Waals surface area contributed by atoms with Crippen LogP contribution in [-0.2, 0) is 22.6 Å². The Labute approximate surface area is 187 Å². The molecule has 0 amide bonds. The summed E-state index contributed by atoms with van der Waals surface area (Å²) < 4.78 is 23.0. The molecule has 172 valence electrons. The number of rotatable bonds is 10. The van der Waals surface area contributed by atoms with E-state index in [1.54, 1.807) is 19.2 Å². The lowest BCUT2D eigenvalue weighted by Gasteiger charge is -2.31. The van der Waals surface area contributed by atoms with E-state index in [2.05, 4.69) is 44.7 Å². The summed E-state index contributed by atoms with van der Waals surface area (Å²) in [7, 11) is 1.68. The van der Waals surface area contributed by atoms with E-state index in [0.29, 0.717) is 38.0 Å². The van der Waals surface area contributed by atoms with Gasteiger partial charge in [-0.1, -0.05) is 18.2 Å². The van der Waals surface area contributed by atoms with E-state index < -0.39 is 6.16 Å². The zero-order chi connectivity index (χ0) is 22.3. The van der Waals surface area contributed by atoms with Crippen LogP contribution in [0.25, 0.3) is 10.9 Å². The van der Waals surface area contributed by atoms with E-state index in [9.17, 15) is 4.79 Å². The number of carbonyl (C=O) groups is 1. The molecule has 4 rings (SSSR count). The largest absolute Gasteiger partial charge is 0.513 e. The van der Waals surface area contributed by atoms with Crippen LogP contribution >= 0.6 is 0 Å². The van der Waals surface area contributed by atoms with Gasteiger partial charge in [-0.05, 0) is 49.5 Å². The van der Waals surface area contributed by atoms with Gasteiger partial charge in [0.2, 0.25) is 0 Å². The smallest absolute Gasteiger partial charge is 0.449 e. The summed E-state index contributed by atoms with van der Waals surface area (Å²) in [6, 6.07) is 11.9. The summed E-state index contributed by atoms with van der Waals surface area (Å²) in [5.74, 6) is 1.24. The molecule has 32 heavy (non-hydrogen) atoms. The summed E-state index contributed by atoms with van der Waals surface area (Å²) in [5, 5.41) is 10.0. The summed E-state index contributed by atoms with van der Waals surface area (Å²) in [6.45, 7) is 5.28. The van der Waals surface area contributed by atoms with Crippen molar-refractivity contribution in [1.82, 2.24) is 9.47 Å². The average molecular weight is 443 g/mol. The first-order valence-corrected chi connectivity index (χ1v) is 11.0. The Morgan fingerprint density at radius 3 is 2.72 bits per heavy atom. The number of benzene rings is 1. The van der Waals surface area contributed by atoms with Crippen LogP contribution in [0.1, 0.15) is 30.1 Å². The van der Waals surface area contributed by atoms with Gasteiger partial charge >= 0.3 is 6.16 Å². The number of methoxy groups -OCH3 is 1. The molecule has 0 aliphatic carbocycles. The van der Waals surface area contributed by atoms with Crippen molar-refractivity contribution in [2.45, 2.75) is 31.8 Å². The number of hydrogen-bond acceptors (Lipinski definition) is 6. The van der Waals surface area contributed by atoms with Gasteiger partial charge in [0.25, 0.3) is 5.95 Å². The Morgan fingerprint density at radius 2 is 1.94 bits per heavy atom. The van der Waals surface area contributed by atoms with Gasteiger partial charge < -0.3 is 28.3 Å². The van der Waals surface area contributed by atoms with E-state index in [0.717, 1.165) is 32.5 Å². The van der Waals surface area contributed by atoms with Crippen molar-refractivity contribution in [1.29, 1.82) is 0 Å². The fourth-order valence-corrected chi connectivity index (χ4v) is 4.40. The first-order chi connectivity index (χ1) is 15.6. The highest BCUT2D eigenvalue weighted by molar-refractivity contribution is 5.84. The van der Waals surface area contributed by atoms with Crippen molar-refractivity contribution >= 4 is 17.1 Å². The topological polar surface area (TPSA) is 86.3 Å². The van der Waals surface area contributed by atoms with Crippen LogP contribution in [0, 0.1) is 0 Å². The van der Waals surface area contributed by atoms with Gasteiger partial charge in [0.1, 0.15) is 5.76 Å². The Balaban J connectivity index is 1.36. The molecule has 3 heterocycles. The molecule has 1 aromatic carbocycles. The Bertz CT molecular complexity index is 1020. The van der Waals surface area contributed by atoms with Crippen LogP contribution in [0.4, 0.5) is 4.79 Å². The van der Waals surface area contributed by atoms with Gasteiger partial charge in [0, 0.05) is 36.8 Å². The molecule has 0 saturated carbocycles. The van der Waals surface area contributed by atoms with Gasteiger partial charge in [-0.2, -0.15) is 0 Å².